The number of hydrogen-bond donors (Lipinski definition) is 2. The Morgan fingerprint density at radius 1 is 1.04 bits per heavy atom. The molecular weight excluding hydrogens is 320 g/mol. The molecule has 3 aromatic rings. The maximum atomic E-state index is 12.6. The van der Waals surface area contributed by atoms with Crippen LogP contribution in [0.5, 0.6) is 0 Å². The zero-order valence-electron chi connectivity index (χ0n) is 13.5. The first-order chi connectivity index (χ1) is 12.1. The van der Waals surface area contributed by atoms with Gasteiger partial charge in [-0.25, -0.2) is 4.79 Å². The molecule has 1 amide bonds. The van der Waals surface area contributed by atoms with Crippen molar-refractivity contribution in [2.45, 2.75) is 6.04 Å². The summed E-state index contributed by atoms with van der Waals surface area (Å²) in [5.74, 6) is -1.16. The Hall–Kier alpha value is -3.41. The van der Waals surface area contributed by atoms with Crippen molar-refractivity contribution in [3.05, 3.63) is 82.1 Å². The van der Waals surface area contributed by atoms with Crippen LogP contribution in [0.15, 0.2) is 65.5 Å². The van der Waals surface area contributed by atoms with Gasteiger partial charge >= 0.3 is 5.97 Å². The number of aromatic nitrogens is 1. The summed E-state index contributed by atoms with van der Waals surface area (Å²) in [4.78, 5) is 39.7. The van der Waals surface area contributed by atoms with Crippen molar-refractivity contribution in [1.29, 1.82) is 0 Å². The largest absolute Gasteiger partial charge is 0.467 e. The van der Waals surface area contributed by atoms with Gasteiger partial charge in [0, 0.05) is 17.0 Å². The number of methoxy groups -OCH3 is 1. The molecule has 1 atom stereocenters. The number of carbonyl (C=O) groups excluding carboxylic acids is 2. The Bertz CT molecular complexity index is 979. The summed E-state index contributed by atoms with van der Waals surface area (Å²) < 4.78 is 4.77. The van der Waals surface area contributed by atoms with Crippen molar-refractivity contribution in [3.8, 4) is 0 Å². The molecule has 6 nitrogen and oxygen atoms in total. The predicted molar refractivity (Wildman–Crippen MR) is 93.2 cm³/mol. The summed E-state index contributed by atoms with van der Waals surface area (Å²) in [6.45, 7) is 0. The van der Waals surface area contributed by atoms with E-state index in [1.54, 1.807) is 54.6 Å². The fourth-order valence-corrected chi connectivity index (χ4v) is 2.57. The van der Waals surface area contributed by atoms with Crippen molar-refractivity contribution < 1.29 is 14.3 Å². The number of esters is 1. The molecule has 0 spiro atoms. The topological polar surface area (TPSA) is 88.3 Å². The molecule has 2 aromatic carbocycles. The number of rotatable bonds is 4. The van der Waals surface area contributed by atoms with Crippen molar-refractivity contribution in [1.82, 2.24) is 10.3 Å². The molecule has 6 heteroatoms. The Kier molecular flexibility index (Phi) is 4.61. The van der Waals surface area contributed by atoms with E-state index in [2.05, 4.69) is 10.3 Å². The van der Waals surface area contributed by atoms with E-state index < -0.39 is 17.9 Å². The van der Waals surface area contributed by atoms with E-state index in [4.69, 9.17) is 4.74 Å². The minimum atomic E-state index is -0.964. The molecule has 0 fully saturated rings. The number of benzene rings is 2. The SMILES string of the molecule is COC(=O)C(NC(=O)c1cc(=O)c2ccccc2[nH]1)c1ccccc1. The van der Waals surface area contributed by atoms with Gasteiger partial charge in [0.15, 0.2) is 11.5 Å². The van der Waals surface area contributed by atoms with Gasteiger partial charge in [0.05, 0.1) is 7.11 Å². The fraction of sp³-hybridized carbons (Fsp3) is 0.105. The summed E-state index contributed by atoms with van der Waals surface area (Å²) in [7, 11) is 1.25. The predicted octanol–water partition coefficient (Wildman–Crippen LogP) is 2.17. The van der Waals surface area contributed by atoms with E-state index in [0.29, 0.717) is 16.5 Å². The van der Waals surface area contributed by atoms with E-state index in [1.165, 1.54) is 13.2 Å². The van der Waals surface area contributed by atoms with Crippen molar-refractivity contribution >= 4 is 22.8 Å². The molecule has 25 heavy (non-hydrogen) atoms. The Morgan fingerprint density at radius 2 is 1.72 bits per heavy atom. The second-order valence-corrected chi connectivity index (χ2v) is 5.43. The number of amides is 1. The quantitative estimate of drug-likeness (QED) is 0.715. The van der Waals surface area contributed by atoms with Gasteiger partial charge in [-0.1, -0.05) is 42.5 Å². The number of pyridine rings is 1. The number of H-pyrrole nitrogens is 1. The second kappa shape index (κ2) is 7.00. The number of hydrogen-bond acceptors (Lipinski definition) is 4. The van der Waals surface area contributed by atoms with E-state index in [1.807, 2.05) is 0 Å². The summed E-state index contributed by atoms with van der Waals surface area (Å²) in [6, 6.07) is 15.9. The van der Waals surface area contributed by atoms with Crippen LogP contribution in [0.4, 0.5) is 0 Å². The van der Waals surface area contributed by atoms with Gasteiger partial charge in [-0.2, -0.15) is 0 Å². The average Bonchev–Trinajstić information content (AvgIpc) is 2.66. The molecule has 0 saturated heterocycles. The molecule has 0 aliphatic rings. The molecule has 0 aliphatic heterocycles. The molecule has 2 N–H and O–H groups in total. The lowest BCUT2D eigenvalue weighted by Gasteiger charge is -2.17. The number of fused-ring (bicyclic) bond motifs is 1. The number of para-hydroxylation sites is 1. The number of nitrogens with one attached hydrogen (secondary N) is 2. The van der Waals surface area contributed by atoms with Crippen LogP contribution in [0.3, 0.4) is 0 Å². The first-order valence-corrected chi connectivity index (χ1v) is 7.66. The molecule has 0 radical (unpaired) electrons. The molecule has 126 valence electrons. The van der Waals surface area contributed by atoms with Gasteiger partial charge in [-0.15, -0.1) is 0 Å². The van der Waals surface area contributed by atoms with Gasteiger partial charge in [0.2, 0.25) is 0 Å². The van der Waals surface area contributed by atoms with Gasteiger partial charge in [0.25, 0.3) is 5.91 Å². The molecule has 0 saturated carbocycles. The van der Waals surface area contributed by atoms with E-state index in [9.17, 15) is 14.4 Å². The Balaban J connectivity index is 1.94. The third-order valence-electron chi connectivity index (χ3n) is 3.83. The van der Waals surface area contributed by atoms with Crippen LogP contribution in [0.1, 0.15) is 22.1 Å². The monoisotopic (exact) mass is 336 g/mol. The zero-order valence-corrected chi connectivity index (χ0v) is 13.5. The maximum absolute atomic E-state index is 12.6. The lowest BCUT2D eigenvalue weighted by molar-refractivity contribution is -0.143. The molecule has 0 bridgehead atoms. The Morgan fingerprint density at radius 3 is 2.44 bits per heavy atom. The van der Waals surface area contributed by atoms with E-state index in [0.717, 1.165) is 0 Å². The van der Waals surface area contributed by atoms with Crippen LogP contribution < -0.4 is 10.7 Å². The maximum Gasteiger partial charge on any atom is 0.333 e. The lowest BCUT2D eigenvalue weighted by atomic mass is 10.1. The highest BCUT2D eigenvalue weighted by Crippen LogP contribution is 2.15. The first kappa shape index (κ1) is 16.4. The Labute approximate surface area is 143 Å². The van der Waals surface area contributed by atoms with E-state index in [-0.39, 0.29) is 11.1 Å². The van der Waals surface area contributed by atoms with Crippen LogP contribution >= 0.6 is 0 Å². The first-order valence-electron chi connectivity index (χ1n) is 7.66. The zero-order chi connectivity index (χ0) is 17.8. The minimum Gasteiger partial charge on any atom is -0.467 e. The van der Waals surface area contributed by atoms with E-state index >= 15 is 0 Å². The molecule has 0 aliphatic carbocycles. The second-order valence-electron chi connectivity index (χ2n) is 5.43. The number of carbonyl (C=O) groups is 2. The summed E-state index contributed by atoms with van der Waals surface area (Å²) in [5, 5.41) is 3.10. The standard InChI is InChI=1S/C19H16N2O4/c1-25-19(24)17(12-7-3-2-4-8-12)21-18(23)15-11-16(22)13-9-5-6-10-14(13)20-15/h2-11,17H,1H3,(H,20,22)(H,21,23). The summed E-state index contributed by atoms with van der Waals surface area (Å²) >= 11 is 0. The average molecular weight is 336 g/mol. The molecule has 1 aromatic heterocycles. The normalized spacial score (nSPS) is 11.7. The van der Waals surface area contributed by atoms with Crippen LogP contribution in [-0.4, -0.2) is 24.0 Å². The molecular formula is C19H16N2O4. The van der Waals surface area contributed by atoms with Gasteiger partial charge in [0.1, 0.15) is 5.69 Å². The van der Waals surface area contributed by atoms with Gasteiger partial charge < -0.3 is 15.0 Å². The third-order valence-corrected chi connectivity index (χ3v) is 3.83. The van der Waals surface area contributed by atoms with Crippen LogP contribution in [-0.2, 0) is 9.53 Å². The van der Waals surface area contributed by atoms with Gasteiger partial charge in [-0.05, 0) is 17.7 Å². The summed E-state index contributed by atoms with van der Waals surface area (Å²) in [6.07, 6.45) is 0. The highest BCUT2D eigenvalue weighted by molar-refractivity contribution is 5.97. The fourth-order valence-electron chi connectivity index (χ4n) is 2.57. The third kappa shape index (κ3) is 3.42. The minimum absolute atomic E-state index is 0.0773. The van der Waals surface area contributed by atoms with Crippen molar-refractivity contribution in [3.63, 3.8) is 0 Å². The van der Waals surface area contributed by atoms with Crippen LogP contribution in [0.2, 0.25) is 0 Å². The van der Waals surface area contributed by atoms with Crippen molar-refractivity contribution in [2.75, 3.05) is 7.11 Å². The highest BCUT2D eigenvalue weighted by Gasteiger charge is 2.24. The van der Waals surface area contributed by atoms with Crippen LogP contribution in [0, 0.1) is 0 Å². The van der Waals surface area contributed by atoms with Crippen LogP contribution in [0.25, 0.3) is 10.9 Å². The molecule has 1 unspecified atom stereocenters. The highest BCUT2D eigenvalue weighted by atomic mass is 16.5. The van der Waals surface area contributed by atoms with Crippen molar-refractivity contribution in [2.24, 2.45) is 0 Å². The van der Waals surface area contributed by atoms with Gasteiger partial charge in [-0.3, -0.25) is 9.59 Å². The lowest BCUT2D eigenvalue weighted by Crippen LogP contribution is -2.35. The number of aromatic amines is 1. The number of ether oxygens (including phenoxy) is 1. The smallest absolute Gasteiger partial charge is 0.333 e. The summed E-state index contributed by atoms with van der Waals surface area (Å²) in [5.41, 5.74) is 0.947. The molecule has 1 heterocycles. The molecule has 3 rings (SSSR count).